The van der Waals surface area contributed by atoms with Crippen molar-refractivity contribution in [2.75, 3.05) is 44.7 Å². The molecule has 156 valence electrons. The Hall–Kier alpha value is -2.60. The van der Waals surface area contributed by atoms with Crippen LogP contribution in [0.3, 0.4) is 0 Å². The van der Waals surface area contributed by atoms with Gasteiger partial charge in [0.25, 0.3) is 0 Å². The Bertz CT molecular complexity index is 785. The maximum Gasteiger partial charge on any atom is 0.236 e. The van der Waals surface area contributed by atoms with Crippen LogP contribution in [0.4, 0.5) is 10.1 Å². The van der Waals surface area contributed by atoms with E-state index in [1.165, 1.54) is 12.1 Å². The quantitative estimate of drug-likeness (QED) is 0.774. The van der Waals surface area contributed by atoms with Crippen LogP contribution in [0.25, 0.3) is 0 Å². The van der Waals surface area contributed by atoms with E-state index in [0.29, 0.717) is 19.0 Å². The molecule has 1 heterocycles. The number of carbonyl (C=O) groups is 1. The number of hydrogen-bond acceptors (Lipinski definition) is 4. The Labute approximate surface area is 172 Å². The zero-order chi connectivity index (χ0) is 20.8. The van der Waals surface area contributed by atoms with E-state index in [2.05, 4.69) is 24.1 Å². The van der Waals surface area contributed by atoms with Gasteiger partial charge in [-0.2, -0.15) is 0 Å². The Morgan fingerprint density at radius 2 is 1.66 bits per heavy atom. The van der Waals surface area contributed by atoms with Crippen molar-refractivity contribution in [3.63, 3.8) is 0 Å². The minimum Gasteiger partial charge on any atom is -0.497 e. The van der Waals surface area contributed by atoms with Gasteiger partial charge in [0.1, 0.15) is 11.6 Å². The van der Waals surface area contributed by atoms with Gasteiger partial charge in [-0.3, -0.25) is 4.79 Å². The van der Waals surface area contributed by atoms with Crippen LogP contribution in [0.15, 0.2) is 48.5 Å². The first-order valence-corrected chi connectivity index (χ1v) is 10.1. The molecule has 0 aromatic heterocycles. The molecular weight excluding hydrogens is 369 g/mol. The van der Waals surface area contributed by atoms with E-state index >= 15 is 0 Å². The van der Waals surface area contributed by atoms with Crippen molar-refractivity contribution in [2.45, 2.75) is 19.9 Å². The summed E-state index contributed by atoms with van der Waals surface area (Å²) in [6.07, 6.45) is 0. The van der Waals surface area contributed by atoms with Crippen molar-refractivity contribution in [3.05, 3.63) is 59.9 Å². The van der Waals surface area contributed by atoms with Crippen LogP contribution in [-0.2, 0) is 4.79 Å². The Morgan fingerprint density at radius 1 is 1.03 bits per heavy atom. The molecule has 1 aliphatic heterocycles. The van der Waals surface area contributed by atoms with Gasteiger partial charge in [-0.05, 0) is 47.9 Å². The second kappa shape index (κ2) is 9.74. The van der Waals surface area contributed by atoms with Crippen LogP contribution < -0.4 is 15.0 Å². The van der Waals surface area contributed by atoms with Crippen molar-refractivity contribution < 1.29 is 13.9 Å². The molecule has 0 unspecified atom stereocenters. The zero-order valence-corrected chi connectivity index (χ0v) is 17.4. The largest absolute Gasteiger partial charge is 0.497 e. The Morgan fingerprint density at radius 3 is 2.21 bits per heavy atom. The fraction of sp³-hybridized carbons (Fsp3) is 0.435. The van der Waals surface area contributed by atoms with Gasteiger partial charge in [0.2, 0.25) is 5.91 Å². The van der Waals surface area contributed by atoms with Gasteiger partial charge in [0.05, 0.1) is 13.7 Å². The molecule has 1 N–H and O–H groups in total. The number of amides is 1. The third-order valence-electron chi connectivity index (χ3n) is 5.44. The summed E-state index contributed by atoms with van der Waals surface area (Å²) in [4.78, 5) is 16.9. The maximum absolute atomic E-state index is 13.2. The Balaban J connectivity index is 1.51. The number of nitrogens with zero attached hydrogens (tertiary/aromatic N) is 2. The molecule has 1 saturated heterocycles. The highest BCUT2D eigenvalue weighted by Gasteiger charge is 2.23. The normalized spacial score (nSPS) is 15.5. The molecule has 0 aliphatic carbocycles. The summed E-state index contributed by atoms with van der Waals surface area (Å²) >= 11 is 0. The molecule has 6 heteroatoms. The van der Waals surface area contributed by atoms with E-state index in [9.17, 15) is 9.18 Å². The van der Waals surface area contributed by atoms with Crippen molar-refractivity contribution in [2.24, 2.45) is 5.92 Å². The smallest absolute Gasteiger partial charge is 0.236 e. The van der Waals surface area contributed by atoms with Gasteiger partial charge in [-0.25, -0.2) is 4.39 Å². The van der Waals surface area contributed by atoms with Crippen molar-refractivity contribution in [1.29, 1.82) is 0 Å². The number of anilines is 1. The fourth-order valence-electron chi connectivity index (χ4n) is 3.72. The maximum atomic E-state index is 13.2. The van der Waals surface area contributed by atoms with Crippen LogP contribution in [0.2, 0.25) is 0 Å². The fourth-order valence-corrected chi connectivity index (χ4v) is 3.72. The molecule has 1 aliphatic rings. The van der Waals surface area contributed by atoms with Crippen LogP contribution in [-0.4, -0.2) is 50.6 Å². The number of carbonyl (C=O) groups excluding carboxylic acids is 1. The summed E-state index contributed by atoms with van der Waals surface area (Å²) in [5, 5.41) is 3.37. The molecule has 0 bridgehead atoms. The second-order valence-electron chi connectivity index (χ2n) is 7.72. The average Bonchev–Trinajstić information content (AvgIpc) is 2.75. The SMILES string of the molecule is COc1ccc(N2CCN(C(=O)CN[C@H](c3ccc(F)cc3)C(C)C)CC2)cc1. The van der Waals surface area contributed by atoms with Gasteiger partial charge >= 0.3 is 0 Å². The molecule has 3 rings (SSSR count). The molecule has 2 aromatic carbocycles. The van der Waals surface area contributed by atoms with Crippen molar-refractivity contribution in [3.8, 4) is 5.75 Å². The highest BCUT2D eigenvalue weighted by molar-refractivity contribution is 5.78. The number of ether oxygens (including phenoxy) is 1. The number of halogens is 1. The van der Waals surface area contributed by atoms with Gasteiger partial charge in [0.15, 0.2) is 0 Å². The lowest BCUT2D eigenvalue weighted by atomic mass is 9.96. The van der Waals surface area contributed by atoms with E-state index in [0.717, 1.165) is 30.1 Å². The molecule has 0 saturated carbocycles. The topological polar surface area (TPSA) is 44.8 Å². The molecule has 0 spiro atoms. The summed E-state index contributed by atoms with van der Waals surface area (Å²) in [6, 6.07) is 14.5. The summed E-state index contributed by atoms with van der Waals surface area (Å²) in [5.74, 6) is 0.990. The highest BCUT2D eigenvalue weighted by atomic mass is 19.1. The molecule has 29 heavy (non-hydrogen) atoms. The molecule has 1 fully saturated rings. The third-order valence-corrected chi connectivity index (χ3v) is 5.44. The molecule has 1 atom stereocenters. The summed E-state index contributed by atoms with van der Waals surface area (Å²) in [6.45, 7) is 7.50. The van der Waals surface area contributed by atoms with Gasteiger partial charge in [-0.15, -0.1) is 0 Å². The monoisotopic (exact) mass is 399 g/mol. The number of rotatable bonds is 7. The van der Waals surface area contributed by atoms with Crippen molar-refractivity contribution in [1.82, 2.24) is 10.2 Å². The van der Waals surface area contributed by atoms with E-state index in [-0.39, 0.29) is 24.3 Å². The van der Waals surface area contributed by atoms with Crippen LogP contribution in [0, 0.1) is 11.7 Å². The third kappa shape index (κ3) is 5.48. The number of piperazine rings is 1. The summed E-state index contributed by atoms with van der Waals surface area (Å²) < 4.78 is 18.4. The lowest BCUT2D eigenvalue weighted by molar-refractivity contribution is -0.130. The van der Waals surface area contributed by atoms with E-state index in [1.807, 2.05) is 29.2 Å². The first kappa shape index (κ1) is 21.1. The number of nitrogens with one attached hydrogen (secondary N) is 1. The second-order valence-corrected chi connectivity index (χ2v) is 7.72. The summed E-state index contributed by atoms with van der Waals surface area (Å²) in [5.41, 5.74) is 2.14. The Kier molecular flexibility index (Phi) is 7.09. The zero-order valence-electron chi connectivity index (χ0n) is 17.4. The lowest BCUT2D eigenvalue weighted by Crippen LogP contribution is -2.51. The number of benzene rings is 2. The summed E-state index contributed by atoms with van der Waals surface area (Å²) in [7, 11) is 1.66. The standard InChI is InChI=1S/C23H30FN3O2/c1-17(2)23(18-4-6-19(24)7-5-18)25-16-22(28)27-14-12-26(13-15-27)20-8-10-21(29-3)11-9-20/h4-11,17,23,25H,12-16H2,1-3H3/t23-/m0/s1. The molecule has 5 nitrogen and oxygen atoms in total. The predicted molar refractivity (Wildman–Crippen MR) is 114 cm³/mol. The van der Waals surface area contributed by atoms with Crippen LogP contribution in [0.5, 0.6) is 5.75 Å². The van der Waals surface area contributed by atoms with Gasteiger partial charge in [0, 0.05) is 37.9 Å². The van der Waals surface area contributed by atoms with Gasteiger partial charge in [-0.1, -0.05) is 26.0 Å². The minimum absolute atomic E-state index is 0.0140. The average molecular weight is 400 g/mol. The molecule has 2 aromatic rings. The molecule has 0 radical (unpaired) electrons. The minimum atomic E-state index is -0.248. The van der Waals surface area contributed by atoms with E-state index < -0.39 is 0 Å². The number of methoxy groups -OCH3 is 1. The first-order valence-electron chi connectivity index (χ1n) is 10.1. The molecule has 1 amide bonds. The molecular formula is C23H30FN3O2. The first-order chi connectivity index (χ1) is 14.0. The van der Waals surface area contributed by atoms with Crippen LogP contribution in [0.1, 0.15) is 25.5 Å². The van der Waals surface area contributed by atoms with E-state index in [1.54, 1.807) is 19.2 Å². The van der Waals surface area contributed by atoms with Gasteiger partial charge < -0.3 is 19.9 Å². The lowest BCUT2D eigenvalue weighted by Gasteiger charge is -2.36. The highest BCUT2D eigenvalue weighted by Crippen LogP contribution is 2.22. The van der Waals surface area contributed by atoms with Crippen LogP contribution >= 0.6 is 0 Å². The number of hydrogen-bond donors (Lipinski definition) is 1. The van der Waals surface area contributed by atoms with E-state index in [4.69, 9.17) is 4.74 Å². The predicted octanol–water partition coefficient (Wildman–Crippen LogP) is 3.47. The van der Waals surface area contributed by atoms with Crippen molar-refractivity contribution >= 4 is 11.6 Å².